The summed E-state index contributed by atoms with van der Waals surface area (Å²) >= 11 is 6.40. The van der Waals surface area contributed by atoms with E-state index in [0.717, 1.165) is 52.9 Å². The molecular formula is C32H39ClN4O. The van der Waals surface area contributed by atoms with Gasteiger partial charge < -0.3 is 10.5 Å². The summed E-state index contributed by atoms with van der Waals surface area (Å²) in [5.41, 5.74) is 12.0. The van der Waals surface area contributed by atoms with Gasteiger partial charge in [-0.3, -0.25) is 10.1 Å². The van der Waals surface area contributed by atoms with Gasteiger partial charge in [0.25, 0.3) is 0 Å². The summed E-state index contributed by atoms with van der Waals surface area (Å²) in [4.78, 5) is 4.15. The molecule has 0 aliphatic carbocycles. The molecule has 0 spiro atoms. The van der Waals surface area contributed by atoms with Crippen molar-refractivity contribution in [1.29, 1.82) is 0 Å². The zero-order valence-electron chi connectivity index (χ0n) is 22.6. The fraction of sp³-hybridized carbons (Fsp3) is 0.375. The second kappa shape index (κ2) is 14.1. The van der Waals surface area contributed by atoms with Crippen molar-refractivity contribution in [2.45, 2.75) is 71.3 Å². The average Bonchev–Trinajstić information content (AvgIpc) is 3.31. The van der Waals surface area contributed by atoms with Gasteiger partial charge in [-0.05, 0) is 80.6 Å². The fourth-order valence-corrected chi connectivity index (χ4v) is 5.28. The Hall–Kier alpha value is -3.15. The van der Waals surface area contributed by atoms with E-state index in [1.54, 1.807) is 6.20 Å². The highest BCUT2D eigenvalue weighted by Crippen LogP contribution is 2.31. The molecule has 5 nitrogen and oxygen atoms in total. The molecule has 2 heterocycles. The summed E-state index contributed by atoms with van der Waals surface area (Å²) in [7, 11) is 0. The van der Waals surface area contributed by atoms with Crippen molar-refractivity contribution < 1.29 is 4.74 Å². The molecule has 2 aromatic carbocycles. The van der Waals surface area contributed by atoms with Crippen LogP contribution in [0.1, 0.15) is 85.9 Å². The number of ether oxygens (including phenoxy) is 1. The number of hydrogen-bond acceptors (Lipinski definition) is 4. The van der Waals surface area contributed by atoms with Gasteiger partial charge in [-0.2, -0.15) is 5.10 Å². The Bertz CT molecular complexity index is 1330. The second-order valence-electron chi connectivity index (χ2n) is 10.0. The van der Waals surface area contributed by atoms with Gasteiger partial charge in [0, 0.05) is 23.3 Å². The van der Waals surface area contributed by atoms with E-state index in [4.69, 9.17) is 22.1 Å². The fourth-order valence-electron chi connectivity index (χ4n) is 4.92. The lowest BCUT2D eigenvalue weighted by Crippen LogP contribution is -2.06. The third-order valence-electron chi connectivity index (χ3n) is 6.98. The number of halogens is 1. The Labute approximate surface area is 231 Å². The predicted molar refractivity (Wildman–Crippen MR) is 160 cm³/mol. The molecular weight excluding hydrogens is 492 g/mol. The molecule has 1 atom stereocenters. The van der Waals surface area contributed by atoms with Crippen molar-refractivity contribution in [3.63, 3.8) is 0 Å². The van der Waals surface area contributed by atoms with E-state index in [1.807, 2.05) is 38.2 Å². The Kier molecular flexibility index (Phi) is 10.4. The first-order valence-corrected chi connectivity index (χ1v) is 14.1. The molecule has 6 heteroatoms. The van der Waals surface area contributed by atoms with Crippen LogP contribution in [0.15, 0.2) is 54.9 Å². The number of pyridine rings is 1. The maximum absolute atomic E-state index is 6.40. The van der Waals surface area contributed by atoms with Crippen LogP contribution in [0.4, 0.5) is 0 Å². The zero-order chi connectivity index (χ0) is 26.7. The monoisotopic (exact) mass is 530 g/mol. The van der Waals surface area contributed by atoms with Gasteiger partial charge in [0.2, 0.25) is 0 Å². The van der Waals surface area contributed by atoms with E-state index >= 15 is 0 Å². The minimum atomic E-state index is -0.201. The maximum atomic E-state index is 6.40. The van der Waals surface area contributed by atoms with Crippen LogP contribution in [0.2, 0.25) is 5.02 Å². The van der Waals surface area contributed by atoms with Crippen LogP contribution < -0.4 is 10.5 Å². The highest BCUT2D eigenvalue weighted by atomic mass is 35.5. The summed E-state index contributed by atoms with van der Waals surface area (Å²) in [5.74, 6) is 0.773. The number of aromatic amines is 1. The molecule has 4 aromatic rings. The van der Waals surface area contributed by atoms with Crippen LogP contribution in [0.5, 0.6) is 5.75 Å². The topological polar surface area (TPSA) is 76.8 Å². The standard InChI is InChI=1S/C32H39ClN4O/c1-23-21-35-22-29(33)32(23)24(2)38-27-15-17-31-28(20-27)30(36-37-31)16-14-26-13-10-12-25(19-26)11-8-6-4-3-5-7-9-18-34/h10,12-17,19-22,24H,3-9,11,18,34H2,1-2H3,(H,36,37)/b16-14+. The van der Waals surface area contributed by atoms with Crippen LogP contribution >= 0.6 is 11.6 Å². The van der Waals surface area contributed by atoms with Crippen LogP contribution in [0.25, 0.3) is 23.1 Å². The molecule has 38 heavy (non-hydrogen) atoms. The average molecular weight is 531 g/mol. The van der Waals surface area contributed by atoms with Crippen molar-refractivity contribution in [2.24, 2.45) is 5.73 Å². The Balaban J connectivity index is 1.37. The van der Waals surface area contributed by atoms with Crippen molar-refractivity contribution in [3.05, 3.63) is 87.8 Å². The van der Waals surface area contributed by atoms with Crippen LogP contribution in [0, 0.1) is 6.92 Å². The Morgan fingerprint density at radius 2 is 1.76 bits per heavy atom. The van der Waals surface area contributed by atoms with Crippen molar-refractivity contribution in [2.75, 3.05) is 6.54 Å². The first-order valence-electron chi connectivity index (χ1n) is 13.8. The first-order chi connectivity index (χ1) is 18.5. The summed E-state index contributed by atoms with van der Waals surface area (Å²) in [6.07, 6.45) is 17.5. The van der Waals surface area contributed by atoms with Crippen LogP contribution in [0.3, 0.4) is 0 Å². The van der Waals surface area contributed by atoms with Gasteiger partial charge in [-0.1, -0.05) is 74.0 Å². The number of nitrogens with one attached hydrogen (secondary N) is 1. The molecule has 3 N–H and O–H groups in total. The quantitative estimate of drug-likeness (QED) is 0.160. The molecule has 4 rings (SSSR count). The third-order valence-corrected chi connectivity index (χ3v) is 7.28. The van der Waals surface area contributed by atoms with Crippen LogP contribution in [-0.2, 0) is 6.42 Å². The van der Waals surface area contributed by atoms with Crippen LogP contribution in [-0.4, -0.2) is 21.7 Å². The number of nitrogens with two attached hydrogens (primary N) is 1. The minimum Gasteiger partial charge on any atom is -0.486 e. The molecule has 0 aliphatic rings. The van der Waals surface area contributed by atoms with Gasteiger partial charge in [0.05, 0.1) is 16.2 Å². The molecule has 1 unspecified atom stereocenters. The number of aryl methyl sites for hydroxylation is 2. The summed E-state index contributed by atoms with van der Waals surface area (Å²) in [6.45, 7) is 4.82. The van der Waals surface area contributed by atoms with E-state index in [-0.39, 0.29) is 6.10 Å². The normalized spacial score (nSPS) is 12.4. The number of fused-ring (bicyclic) bond motifs is 1. The number of rotatable bonds is 14. The SMILES string of the molecule is Cc1cncc(Cl)c1C(C)Oc1ccc2[nH]nc(/C=C/c3cccc(CCCCCCCCCN)c3)c2c1. The number of H-pyrrole nitrogens is 1. The second-order valence-corrected chi connectivity index (χ2v) is 10.4. The number of nitrogens with zero attached hydrogens (tertiary/aromatic N) is 2. The predicted octanol–water partition coefficient (Wildman–Crippen LogP) is 8.46. The highest BCUT2D eigenvalue weighted by molar-refractivity contribution is 6.31. The third kappa shape index (κ3) is 7.68. The van der Waals surface area contributed by atoms with Gasteiger partial charge in [-0.15, -0.1) is 0 Å². The smallest absolute Gasteiger partial charge is 0.123 e. The van der Waals surface area contributed by atoms with E-state index in [0.29, 0.717) is 5.02 Å². The molecule has 0 saturated heterocycles. The van der Waals surface area contributed by atoms with Crippen molar-refractivity contribution in [1.82, 2.24) is 15.2 Å². The number of unbranched alkanes of at least 4 members (excludes halogenated alkanes) is 6. The van der Waals surface area contributed by atoms with Crippen molar-refractivity contribution in [3.8, 4) is 5.75 Å². The maximum Gasteiger partial charge on any atom is 0.123 e. The molecule has 2 aromatic heterocycles. The minimum absolute atomic E-state index is 0.201. The summed E-state index contributed by atoms with van der Waals surface area (Å²) < 4.78 is 6.27. The molecule has 0 saturated carbocycles. The first kappa shape index (κ1) is 27.9. The lowest BCUT2D eigenvalue weighted by atomic mass is 10.0. The molecule has 0 aliphatic heterocycles. The lowest BCUT2D eigenvalue weighted by Gasteiger charge is -2.18. The molecule has 200 valence electrons. The van der Waals surface area contributed by atoms with E-state index in [1.165, 1.54) is 49.7 Å². The largest absolute Gasteiger partial charge is 0.486 e. The summed E-state index contributed by atoms with van der Waals surface area (Å²) in [5, 5.41) is 9.30. The zero-order valence-corrected chi connectivity index (χ0v) is 23.3. The van der Waals surface area contributed by atoms with E-state index in [9.17, 15) is 0 Å². The Morgan fingerprint density at radius 1 is 0.974 bits per heavy atom. The van der Waals surface area contributed by atoms with Gasteiger partial charge in [0.15, 0.2) is 0 Å². The molecule has 0 radical (unpaired) electrons. The number of hydrogen-bond donors (Lipinski definition) is 2. The van der Waals surface area contributed by atoms with E-state index < -0.39 is 0 Å². The van der Waals surface area contributed by atoms with Crippen molar-refractivity contribution >= 4 is 34.7 Å². The Morgan fingerprint density at radius 3 is 2.55 bits per heavy atom. The molecule has 0 amide bonds. The number of aromatic nitrogens is 3. The van der Waals surface area contributed by atoms with Gasteiger partial charge in [0.1, 0.15) is 11.9 Å². The van der Waals surface area contributed by atoms with E-state index in [2.05, 4.69) is 51.6 Å². The highest BCUT2D eigenvalue weighted by Gasteiger charge is 2.15. The van der Waals surface area contributed by atoms with Gasteiger partial charge in [-0.25, -0.2) is 0 Å². The molecule has 0 fully saturated rings. The molecule has 0 bridgehead atoms. The lowest BCUT2D eigenvalue weighted by molar-refractivity contribution is 0.226. The van der Waals surface area contributed by atoms with Gasteiger partial charge >= 0.3 is 0 Å². The summed E-state index contributed by atoms with van der Waals surface area (Å²) in [6, 6.07) is 14.8. The number of benzene rings is 2.